The van der Waals surface area contributed by atoms with Crippen LogP contribution in [0.4, 0.5) is 0 Å². The van der Waals surface area contributed by atoms with Crippen LogP contribution in [-0.4, -0.2) is 41.6 Å². The van der Waals surface area contributed by atoms with Gasteiger partial charge in [-0.3, -0.25) is 4.79 Å². The molecule has 2 aromatic rings. The third-order valence-corrected chi connectivity index (χ3v) is 3.65. The van der Waals surface area contributed by atoms with Gasteiger partial charge in [0, 0.05) is 11.9 Å². The first-order chi connectivity index (χ1) is 9.66. The monoisotopic (exact) mass is 290 g/mol. The molecule has 1 saturated heterocycles. The van der Waals surface area contributed by atoms with E-state index in [0.717, 1.165) is 5.39 Å². The van der Waals surface area contributed by atoms with E-state index in [1.54, 1.807) is 4.90 Å². The summed E-state index contributed by atoms with van der Waals surface area (Å²) in [6.07, 6.45) is 1.12. The van der Waals surface area contributed by atoms with Crippen LogP contribution in [0.1, 0.15) is 10.4 Å². The van der Waals surface area contributed by atoms with Gasteiger partial charge in [0.25, 0.3) is 5.91 Å². The Kier molecular flexibility index (Phi) is 3.42. The van der Waals surface area contributed by atoms with Crippen LogP contribution in [0.25, 0.3) is 11.0 Å². The number of amides is 1. The normalized spacial score (nSPS) is 19.2. The molecule has 0 bridgehead atoms. The van der Waals surface area contributed by atoms with Gasteiger partial charge in [-0.2, -0.15) is 0 Å². The van der Waals surface area contributed by atoms with E-state index >= 15 is 0 Å². The molecule has 1 aliphatic heterocycles. The first-order valence-electron chi connectivity index (χ1n) is 6.33. The van der Waals surface area contributed by atoms with Crippen LogP contribution in [-0.2, 0) is 4.74 Å². The van der Waals surface area contributed by atoms with Crippen molar-refractivity contribution >= 4 is 34.1 Å². The maximum Gasteiger partial charge on any atom is 0.257 e. The van der Waals surface area contributed by atoms with E-state index in [2.05, 4.69) is 0 Å². The van der Waals surface area contributed by atoms with Crippen LogP contribution in [0, 0.1) is 0 Å². The SMILES string of the molecule is NC(=S)C1CN(C(=O)c2coc3ccccc23)CCO1. The van der Waals surface area contributed by atoms with E-state index in [9.17, 15) is 4.79 Å². The molecule has 1 atom stereocenters. The third kappa shape index (κ3) is 2.28. The summed E-state index contributed by atoms with van der Waals surface area (Å²) in [7, 11) is 0. The lowest BCUT2D eigenvalue weighted by Crippen LogP contribution is -2.49. The Labute approximate surface area is 121 Å². The molecule has 0 saturated carbocycles. The van der Waals surface area contributed by atoms with Gasteiger partial charge in [-0.05, 0) is 6.07 Å². The van der Waals surface area contributed by atoms with Crippen LogP contribution in [0.3, 0.4) is 0 Å². The molecular formula is C14H14N2O3S. The number of nitrogens with two attached hydrogens (primary N) is 1. The third-order valence-electron chi connectivity index (χ3n) is 3.38. The van der Waals surface area contributed by atoms with Crippen molar-refractivity contribution in [3.05, 3.63) is 36.1 Å². The van der Waals surface area contributed by atoms with E-state index < -0.39 is 0 Å². The predicted octanol–water partition coefficient (Wildman–Crippen LogP) is 1.56. The maximum absolute atomic E-state index is 12.6. The highest BCUT2D eigenvalue weighted by Crippen LogP contribution is 2.22. The molecule has 1 unspecified atom stereocenters. The molecule has 3 rings (SSSR count). The minimum Gasteiger partial charge on any atom is -0.463 e. The van der Waals surface area contributed by atoms with E-state index in [0.29, 0.717) is 30.8 Å². The van der Waals surface area contributed by atoms with Crippen LogP contribution < -0.4 is 5.73 Å². The fraction of sp³-hybridized carbons (Fsp3) is 0.286. The van der Waals surface area contributed by atoms with E-state index in [4.69, 9.17) is 27.1 Å². The number of furan rings is 1. The number of hydrogen-bond acceptors (Lipinski definition) is 4. The molecule has 1 amide bonds. The second-order valence-electron chi connectivity index (χ2n) is 4.66. The molecule has 1 fully saturated rings. The summed E-state index contributed by atoms with van der Waals surface area (Å²) in [5.74, 6) is -0.0838. The molecule has 0 aliphatic carbocycles. The molecule has 1 aromatic carbocycles. The predicted molar refractivity (Wildman–Crippen MR) is 78.6 cm³/mol. The van der Waals surface area contributed by atoms with Crippen LogP contribution in [0.2, 0.25) is 0 Å². The molecule has 5 nitrogen and oxygen atoms in total. The van der Waals surface area contributed by atoms with Crippen LogP contribution >= 0.6 is 12.2 Å². The van der Waals surface area contributed by atoms with E-state index in [-0.39, 0.29) is 17.0 Å². The number of hydrogen-bond donors (Lipinski definition) is 1. The number of carbonyl (C=O) groups is 1. The Morgan fingerprint density at radius 1 is 1.40 bits per heavy atom. The van der Waals surface area contributed by atoms with Crippen molar-refractivity contribution in [1.82, 2.24) is 4.90 Å². The Balaban J connectivity index is 1.87. The van der Waals surface area contributed by atoms with Gasteiger partial charge in [0.15, 0.2) is 0 Å². The first kappa shape index (κ1) is 13.1. The minimum atomic E-state index is -0.374. The second kappa shape index (κ2) is 5.22. The highest BCUT2D eigenvalue weighted by atomic mass is 32.1. The summed E-state index contributed by atoms with van der Waals surface area (Å²) in [6, 6.07) is 7.46. The number of morpholine rings is 1. The second-order valence-corrected chi connectivity index (χ2v) is 5.13. The number of rotatable bonds is 2. The summed E-state index contributed by atoms with van der Waals surface area (Å²) in [5.41, 5.74) is 6.85. The molecule has 20 heavy (non-hydrogen) atoms. The lowest BCUT2D eigenvalue weighted by Gasteiger charge is -2.32. The van der Waals surface area contributed by atoms with Gasteiger partial charge in [-0.25, -0.2) is 0 Å². The summed E-state index contributed by atoms with van der Waals surface area (Å²) in [6.45, 7) is 1.34. The molecule has 2 N–H and O–H groups in total. The van der Waals surface area contributed by atoms with Crippen molar-refractivity contribution in [2.45, 2.75) is 6.10 Å². The zero-order valence-electron chi connectivity index (χ0n) is 10.7. The lowest BCUT2D eigenvalue weighted by molar-refractivity contribution is 0.00884. The van der Waals surface area contributed by atoms with Crippen molar-refractivity contribution in [1.29, 1.82) is 0 Å². The number of carbonyl (C=O) groups excluding carboxylic acids is 1. The summed E-state index contributed by atoms with van der Waals surface area (Å²) < 4.78 is 10.8. The number of para-hydroxylation sites is 1. The fourth-order valence-corrected chi connectivity index (χ4v) is 2.46. The van der Waals surface area contributed by atoms with Crippen molar-refractivity contribution < 1.29 is 13.9 Å². The zero-order valence-corrected chi connectivity index (χ0v) is 11.6. The largest absolute Gasteiger partial charge is 0.463 e. The van der Waals surface area contributed by atoms with Crippen molar-refractivity contribution in [2.75, 3.05) is 19.7 Å². The maximum atomic E-state index is 12.6. The number of fused-ring (bicyclic) bond motifs is 1. The smallest absolute Gasteiger partial charge is 0.257 e. The molecular weight excluding hydrogens is 276 g/mol. The minimum absolute atomic E-state index is 0.0838. The number of thiocarbonyl (C=S) groups is 1. The molecule has 1 aromatic heterocycles. The average molecular weight is 290 g/mol. The quantitative estimate of drug-likeness (QED) is 0.850. The standard InChI is InChI=1S/C14H14N2O3S/c15-13(20)12-7-16(5-6-18-12)14(17)10-8-19-11-4-2-1-3-9(10)11/h1-4,8,12H,5-7H2,(H2,15,20). The van der Waals surface area contributed by atoms with Crippen molar-refractivity contribution in [3.63, 3.8) is 0 Å². The molecule has 104 valence electrons. The van der Waals surface area contributed by atoms with Gasteiger partial charge >= 0.3 is 0 Å². The summed E-state index contributed by atoms with van der Waals surface area (Å²) >= 11 is 4.93. The van der Waals surface area contributed by atoms with Gasteiger partial charge in [-0.1, -0.05) is 30.4 Å². The van der Waals surface area contributed by atoms with Gasteiger partial charge in [0.05, 0.1) is 18.7 Å². The highest BCUT2D eigenvalue weighted by Gasteiger charge is 2.28. The molecule has 0 spiro atoms. The van der Waals surface area contributed by atoms with Crippen LogP contribution in [0.5, 0.6) is 0 Å². The summed E-state index contributed by atoms with van der Waals surface area (Å²) in [5, 5.41) is 0.816. The number of ether oxygens (including phenoxy) is 1. The van der Waals surface area contributed by atoms with E-state index in [1.165, 1.54) is 6.26 Å². The topological polar surface area (TPSA) is 68.7 Å². The lowest BCUT2D eigenvalue weighted by atomic mass is 10.1. The first-order valence-corrected chi connectivity index (χ1v) is 6.74. The average Bonchev–Trinajstić information content (AvgIpc) is 2.90. The van der Waals surface area contributed by atoms with Gasteiger partial charge in [0.2, 0.25) is 0 Å². The molecule has 6 heteroatoms. The van der Waals surface area contributed by atoms with Crippen molar-refractivity contribution in [3.8, 4) is 0 Å². The molecule has 2 heterocycles. The van der Waals surface area contributed by atoms with Gasteiger partial charge in [0.1, 0.15) is 22.9 Å². The Hall–Kier alpha value is -1.92. The fourth-order valence-electron chi connectivity index (χ4n) is 2.32. The summed E-state index contributed by atoms with van der Waals surface area (Å²) in [4.78, 5) is 14.5. The Morgan fingerprint density at radius 2 is 2.20 bits per heavy atom. The number of benzene rings is 1. The molecule has 1 aliphatic rings. The van der Waals surface area contributed by atoms with E-state index in [1.807, 2.05) is 24.3 Å². The Morgan fingerprint density at radius 3 is 3.00 bits per heavy atom. The van der Waals surface area contributed by atoms with Crippen molar-refractivity contribution in [2.24, 2.45) is 5.73 Å². The Bertz CT molecular complexity index is 667. The number of nitrogens with zero attached hydrogens (tertiary/aromatic N) is 1. The molecule has 0 radical (unpaired) electrons. The zero-order chi connectivity index (χ0) is 14.1. The van der Waals surface area contributed by atoms with Gasteiger partial charge < -0.3 is 19.8 Å². The highest BCUT2D eigenvalue weighted by molar-refractivity contribution is 7.80. The van der Waals surface area contributed by atoms with Crippen LogP contribution in [0.15, 0.2) is 34.9 Å². The van der Waals surface area contributed by atoms with Gasteiger partial charge in [-0.15, -0.1) is 0 Å².